The summed E-state index contributed by atoms with van der Waals surface area (Å²) in [6.45, 7) is 7.72. The van der Waals surface area contributed by atoms with Crippen molar-refractivity contribution in [3.05, 3.63) is 54.0 Å². The zero-order chi connectivity index (χ0) is 21.1. The minimum Gasteiger partial charge on any atom is -0.451 e. The quantitative estimate of drug-likeness (QED) is 0.675. The van der Waals surface area contributed by atoms with E-state index in [0.717, 1.165) is 38.0 Å². The molecule has 4 rings (SSSR count). The first-order valence-electron chi connectivity index (χ1n) is 10.2. The molecular formula is C22H25N5O3. The molecule has 3 aromatic rings. The van der Waals surface area contributed by atoms with Crippen LogP contribution in [0, 0.1) is 0 Å². The number of aromatic nitrogens is 2. The number of anilines is 1. The van der Waals surface area contributed by atoms with Crippen molar-refractivity contribution in [2.75, 3.05) is 31.5 Å². The maximum Gasteiger partial charge on any atom is 0.289 e. The second kappa shape index (κ2) is 8.62. The molecule has 8 heteroatoms. The van der Waals surface area contributed by atoms with Gasteiger partial charge in [-0.2, -0.15) is 10.2 Å². The van der Waals surface area contributed by atoms with Gasteiger partial charge >= 0.3 is 0 Å². The first-order chi connectivity index (χ1) is 14.6. The lowest BCUT2D eigenvalue weighted by Gasteiger charge is -2.25. The molecule has 8 nitrogen and oxygen atoms in total. The Hall–Kier alpha value is -3.26. The molecule has 1 aliphatic heterocycles. The van der Waals surface area contributed by atoms with Gasteiger partial charge in [0.2, 0.25) is 0 Å². The van der Waals surface area contributed by atoms with Crippen LogP contribution < -0.4 is 5.32 Å². The number of hydrogen-bond acceptors (Lipinski definition) is 6. The number of nitrogens with zero attached hydrogens (tertiary/aromatic N) is 4. The molecule has 1 N–H and O–H groups in total. The van der Waals surface area contributed by atoms with Crippen LogP contribution in [0.5, 0.6) is 0 Å². The van der Waals surface area contributed by atoms with Crippen LogP contribution in [0.4, 0.5) is 5.69 Å². The van der Waals surface area contributed by atoms with Crippen molar-refractivity contribution in [2.45, 2.75) is 26.3 Å². The number of carbonyl (C=O) groups is 2. The van der Waals surface area contributed by atoms with Crippen LogP contribution in [-0.2, 0) is 0 Å². The van der Waals surface area contributed by atoms with Gasteiger partial charge in [-0.1, -0.05) is 13.8 Å². The lowest BCUT2D eigenvalue weighted by molar-refractivity contribution is 0.0748. The van der Waals surface area contributed by atoms with Crippen molar-refractivity contribution in [1.82, 2.24) is 20.0 Å². The van der Waals surface area contributed by atoms with Gasteiger partial charge < -0.3 is 14.6 Å². The second-order valence-electron chi connectivity index (χ2n) is 7.36. The number of rotatable bonds is 6. The Bertz CT molecular complexity index is 1050. The molecular weight excluding hydrogens is 382 g/mol. The van der Waals surface area contributed by atoms with E-state index in [4.69, 9.17) is 4.42 Å². The number of amides is 2. The monoisotopic (exact) mass is 407 g/mol. The van der Waals surface area contributed by atoms with Gasteiger partial charge in [-0.05, 0) is 49.8 Å². The lowest BCUT2D eigenvalue weighted by atomic mass is 10.2. The number of furan rings is 1. The highest BCUT2D eigenvalue weighted by atomic mass is 16.3. The summed E-state index contributed by atoms with van der Waals surface area (Å²) in [6.07, 6.45) is 3.85. The summed E-state index contributed by atoms with van der Waals surface area (Å²) in [5.41, 5.74) is 1.65. The molecule has 2 amide bonds. The van der Waals surface area contributed by atoms with Gasteiger partial charge in [0.15, 0.2) is 5.76 Å². The Morgan fingerprint density at radius 3 is 2.77 bits per heavy atom. The van der Waals surface area contributed by atoms with Gasteiger partial charge in [-0.25, -0.2) is 0 Å². The largest absolute Gasteiger partial charge is 0.451 e. The van der Waals surface area contributed by atoms with E-state index < -0.39 is 0 Å². The van der Waals surface area contributed by atoms with Gasteiger partial charge in [0.05, 0.1) is 18.0 Å². The van der Waals surface area contributed by atoms with E-state index in [9.17, 15) is 9.59 Å². The fourth-order valence-electron chi connectivity index (χ4n) is 3.97. The Balaban J connectivity index is 1.47. The number of benzene rings is 1. The highest BCUT2D eigenvalue weighted by Crippen LogP contribution is 2.26. The third-order valence-electron chi connectivity index (χ3n) is 5.61. The van der Waals surface area contributed by atoms with Crippen LogP contribution >= 0.6 is 0 Å². The zero-order valence-electron chi connectivity index (χ0n) is 17.2. The molecule has 1 aromatic carbocycles. The third kappa shape index (κ3) is 4.04. The highest BCUT2D eigenvalue weighted by molar-refractivity contribution is 6.05. The van der Waals surface area contributed by atoms with Crippen LogP contribution in [-0.4, -0.2) is 64.0 Å². The number of hydrogen-bond donors (Lipinski definition) is 1. The van der Waals surface area contributed by atoms with Crippen molar-refractivity contribution in [2.24, 2.45) is 0 Å². The number of likely N-dealkylation sites (tertiary alicyclic amines) is 1. The summed E-state index contributed by atoms with van der Waals surface area (Å²) in [6, 6.07) is 9.04. The van der Waals surface area contributed by atoms with Crippen LogP contribution in [0.1, 0.15) is 41.2 Å². The predicted octanol–water partition coefficient (Wildman–Crippen LogP) is 3.03. The van der Waals surface area contributed by atoms with Crippen molar-refractivity contribution in [3.63, 3.8) is 0 Å². The standard InChI is InChI=1S/C22H25N5O3/c1-3-26(4-2)18-8-10-27(14-18)22(29)20-12-16-11-17(5-6-19(16)30-20)25-21(28)15-7-9-23-24-13-15/h5-7,9,11-13,18H,3-4,8,10,14H2,1-2H3,(H,25,28). The number of carbonyl (C=O) groups excluding carboxylic acids is 2. The molecule has 2 aromatic heterocycles. The summed E-state index contributed by atoms with van der Waals surface area (Å²) < 4.78 is 5.80. The average Bonchev–Trinajstić information content (AvgIpc) is 3.42. The van der Waals surface area contributed by atoms with Gasteiger partial charge in [-0.15, -0.1) is 0 Å². The van der Waals surface area contributed by atoms with E-state index in [-0.39, 0.29) is 11.8 Å². The Morgan fingerprint density at radius 2 is 2.03 bits per heavy atom. The van der Waals surface area contributed by atoms with Crippen molar-refractivity contribution < 1.29 is 14.0 Å². The van der Waals surface area contributed by atoms with E-state index in [1.165, 1.54) is 12.4 Å². The maximum atomic E-state index is 12.9. The first-order valence-corrected chi connectivity index (χ1v) is 10.2. The molecule has 156 valence electrons. The fraction of sp³-hybridized carbons (Fsp3) is 0.364. The maximum absolute atomic E-state index is 12.9. The lowest BCUT2D eigenvalue weighted by Crippen LogP contribution is -2.38. The molecule has 1 atom stereocenters. The number of likely N-dealkylation sites (N-methyl/N-ethyl adjacent to an activating group) is 1. The van der Waals surface area contributed by atoms with Gasteiger partial charge in [0, 0.05) is 30.2 Å². The predicted molar refractivity (Wildman–Crippen MR) is 113 cm³/mol. The summed E-state index contributed by atoms with van der Waals surface area (Å²) in [5, 5.41) is 11.0. The van der Waals surface area contributed by atoms with Crippen LogP contribution in [0.15, 0.2) is 47.1 Å². The molecule has 0 aliphatic carbocycles. The van der Waals surface area contributed by atoms with Crippen molar-refractivity contribution >= 4 is 28.5 Å². The molecule has 0 radical (unpaired) electrons. The van der Waals surface area contributed by atoms with Gasteiger partial charge in [0.1, 0.15) is 5.58 Å². The molecule has 0 saturated carbocycles. The van der Waals surface area contributed by atoms with E-state index >= 15 is 0 Å². The molecule has 1 aliphatic rings. The van der Waals surface area contributed by atoms with E-state index in [1.807, 2.05) is 4.90 Å². The highest BCUT2D eigenvalue weighted by Gasteiger charge is 2.31. The summed E-state index contributed by atoms with van der Waals surface area (Å²) >= 11 is 0. The topological polar surface area (TPSA) is 91.6 Å². The van der Waals surface area contributed by atoms with E-state index in [1.54, 1.807) is 30.3 Å². The minimum atomic E-state index is -0.274. The van der Waals surface area contributed by atoms with Crippen LogP contribution in [0.25, 0.3) is 11.0 Å². The Labute approximate surface area is 174 Å². The molecule has 0 bridgehead atoms. The molecule has 1 fully saturated rings. The summed E-state index contributed by atoms with van der Waals surface area (Å²) in [4.78, 5) is 29.5. The Morgan fingerprint density at radius 1 is 1.20 bits per heavy atom. The third-order valence-corrected chi connectivity index (χ3v) is 5.61. The van der Waals surface area contributed by atoms with Crippen molar-refractivity contribution in [1.29, 1.82) is 0 Å². The summed E-state index contributed by atoms with van der Waals surface area (Å²) in [7, 11) is 0. The normalized spacial score (nSPS) is 16.4. The second-order valence-corrected chi connectivity index (χ2v) is 7.36. The van der Waals surface area contributed by atoms with Gasteiger partial charge in [-0.3, -0.25) is 14.5 Å². The molecule has 1 unspecified atom stereocenters. The first kappa shape index (κ1) is 20.0. The molecule has 3 heterocycles. The minimum absolute atomic E-state index is 0.0886. The zero-order valence-corrected chi connectivity index (χ0v) is 17.2. The number of fused-ring (bicyclic) bond motifs is 1. The van der Waals surface area contributed by atoms with Crippen LogP contribution in [0.3, 0.4) is 0 Å². The molecule has 1 saturated heterocycles. The average molecular weight is 407 g/mol. The van der Waals surface area contributed by atoms with Crippen LogP contribution in [0.2, 0.25) is 0 Å². The van der Waals surface area contributed by atoms with Gasteiger partial charge in [0.25, 0.3) is 11.8 Å². The Kier molecular flexibility index (Phi) is 5.76. The van der Waals surface area contributed by atoms with Crippen molar-refractivity contribution in [3.8, 4) is 0 Å². The SMILES string of the molecule is CCN(CC)C1CCN(C(=O)c2cc3cc(NC(=O)c4ccnnc4)ccc3o2)C1. The fourth-order valence-corrected chi connectivity index (χ4v) is 3.97. The molecule has 30 heavy (non-hydrogen) atoms. The van der Waals surface area contributed by atoms with E-state index in [2.05, 4.69) is 34.3 Å². The smallest absolute Gasteiger partial charge is 0.289 e. The summed E-state index contributed by atoms with van der Waals surface area (Å²) in [5.74, 6) is -0.0372. The van der Waals surface area contributed by atoms with E-state index in [0.29, 0.717) is 28.6 Å². The molecule has 0 spiro atoms. The number of nitrogens with one attached hydrogen (secondary N) is 1.